The lowest BCUT2D eigenvalue weighted by atomic mass is 10.0. The van der Waals surface area contributed by atoms with Crippen LogP contribution >= 0.6 is 0 Å². The van der Waals surface area contributed by atoms with Gasteiger partial charge in [-0.25, -0.2) is 9.59 Å². The average molecular weight is 367 g/mol. The highest BCUT2D eigenvalue weighted by Gasteiger charge is 2.21. The number of likely N-dealkylation sites (tertiary alicyclic amines) is 1. The number of nitrogens with zero attached hydrogens (tertiary/aromatic N) is 1. The van der Waals surface area contributed by atoms with E-state index < -0.39 is 5.97 Å². The van der Waals surface area contributed by atoms with Gasteiger partial charge in [-0.3, -0.25) is 4.90 Å². The summed E-state index contributed by atoms with van der Waals surface area (Å²) >= 11 is 0. The smallest absolute Gasteiger partial charge is 0.335 e. The van der Waals surface area contributed by atoms with Crippen molar-refractivity contribution >= 4 is 12.0 Å². The van der Waals surface area contributed by atoms with E-state index in [1.165, 1.54) is 5.56 Å². The van der Waals surface area contributed by atoms with Crippen molar-refractivity contribution in [3.63, 3.8) is 0 Å². The maximum absolute atomic E-state index is 12.2. The third-order valence-electron chi connectivity index (χ3n) is 4.74. The predicted molar refractivity (Wildman–Crippen MR) is 104 cm³/mol. The number of carbonyl (C=O) groups excluding carboxylic acids is 1. The van der Waals surface area contributed by atoms with Gasteiger partial charge in [-0.05, 0) is 42.6 Å². The van der Waals surface area contributed by atoms with Gasteiger partial charge in [-0.1, -0.05) is 42.5 Å². The van der Waals surface area contributed by atoms with Gasteiger partial charge in [0.1, 0.15) is 0 Å². The second-order valence-electron chi connectivity index (χ2n) is 6.89. The van der Waals surface area contributed by atoms with Gasteiger partial charge in [-0.15, -0.1) is 0 Å². The van der Waals surface area contributed by atoms with Gasteiger partial charge in [0.05, 0.1) is 5.56 Å². The molecule has 0 bridgehead atoms. The summed E-state index contributed by atoms with van der Waals surface area (Å²) in [6.45, 7) is 3.16. The first-order valence-corrected chi connectivity index (χ1v) is 9.23. The molecule has 0 radical (unpaired) electrons. The number of nitrogens with one attached hydrogen (secondary N) is 2. The van der Waals surface area contributed by atoms with E-state index in [-0.39, 0.29) is 17.6 Å². The molecule has 2 aromatic carbocycles. The van der Waals surface area contributed by atoms with E-state index in [0.717, 1.165) is 38.0 Å². The molecular formula is C21H25N3O3. The minimum absolute atomic E-state index is 0.136. The van der Waals surface area contributed by atoms with Crippen LogP contribution in [0.1, 0.15) is 34.3 Å². The van der Waals surface area contributed by atoms with Crippen LogP contribution in [0.15, 0.2) is 54.6 Å². The lowest BCUT2D eigenvalue weighted by Crippen LogP contribution is -2.50. The summed E-state index contributed by atoms with van der Waals surface area (Å²) in [6.07, 6.45) is 2.04. The normalized spacial score (nSPS) is 17.3. The second-order valence-corrected chi connectivity index (χ2v) is 6.89. The highest BCUT2D eigenvalue weighted by Crippen LogP contribution is 2.13. The molecule has 2 amide bonds. The molecule has 1 fully saturated rings. The Balaban J connectivity index is 1.43. The fourth-order valence-electron chi connectivity index (χ4n) is 3.34. The molecule has 1 atom stereocenters. The van der Waals surface area contributed by atoms with Crippen LogP contribution in [0.25, 0.3) is 0 Å². The highest BCUT2D eigenvalue weighted by atomic mass is 16.4. The number of amides is 2. The zero-order valence-corrected chi connectivity index (χ0v) is 15.2. The van der Waals surface area contributed by atoms with Gasteiger partial charge >= 0.3 is 12.0 Å². The van der Waals surface area contributed by atoms with Crippen molar-refractivity contribution in [1.82, 2.24) is 15.5 Å². The minimum atomic E-state index is -0.954. The summed E-state index contributed by atoms with van der Waals surface area (Å²) in [5, 5.41) is 14.8. The summed E-state index contributed by atoms with van der Waals surface area (Å²) in [5.41, 5.74) is 2.39. The number of carboxylic acid groups (broad SMARTS) is 1. The number of hydrogen-bond acceptors (Lipinski definition) is 3. The number of carboxylic acids is 1. The topological polar surface area (TPSA) is 81.7 Å². The highest BCUT2D eigenvalue weighted by molar-refractivity contribution is 5.87. The zero-order valence-electron chi connectivity index (χ0n) is 15.2. The van der Waals surface area contributed by atoms with E-state index in [1.54, 1.807) is 24.3 Å². The molecule has 6 nitrogen and oxygen atoms in total. The quantitative estimate of drug-likeness (QED) is 0.733. The Bertz CT molecular complexity index is 762. The van der Waals surface area contributed by atoms with Crippen molar-refractivity contribution in [3.05, 3.63) is 71.3 Å². The van der Waals surface area contributed by atoms with Crippen LogP contribution in [0.2, 0.25) is 0 Å². The molecule has 1 aliphatic rings. The molecule has 0 spiro atoms. The fraction of sp³-hybridized carbons (Fsp3) is 0.333. The molecule has 6 heteroatoms. The van der Waals surface area contributed by atoms with E-state index in [9.17, 15) is 9.59 Å². The third kappa shape index (κ3) is 5.82. The summed E-state index contributed by atoms with van der Waals surface area (Å²) in [7, 11) is 0. The molecule has 1 saturated heterocycles. The Morgan fingerprint density at radius 1 is 1.04 bits per heavy atom. The Morgan fingerprint density at radius 2 is 1.78 bits per heavy atom. The first kappa shape index (κ1) is 18.9. The van der Waals surface area contributed by atoms with Gasteiger partial charge in [0.15, 0.2) is 0 Å². The van der Waals surface area contributed by atoms with Gasteiger partial charge in [-0.2, -0.15) is 0 Å². The molecule has 27 heavy (non-hydrogen) atoms. The number of rotatable bonds is 6. The predicted octanol–water partition coefficient (Wildman–Crippen LogP) is 2.85. The Labute approximate surface area is 159 Å². The molecule has 1 unspecified atom stereocenters. The van der Waals surface area contributed by atoms with E-state index >= 15 is 0 Å². The lowest BCUT2D eigenvalue weighted by Gasteiger charge is -2.33. The third-order valence-corrected chi connectivity index (χ3v) is 4.74. The van der Waals surface area contributed by atoms with Gasteiger partial charge in [0, 0.05) is 25.7 Å². The van der Waals surface area contributed by atoms with Crippen LogP contribution in [0.5, 0.6) is 0 Å². The van der Waals surface area contributed by atoms with Crippen LogP contribution < -0.4 is 10.6 Å². The molecule has 2 aromatic rings. The first-order valence-electron chi connectivity index (χ1n) is 9.23. The molecule has 3 N–H and O–H groups in total. The van der Waals surface area contributed by atoms with Crippen LogP contribution in [-0.4, -0.2) is 41.1 Å². The zero-order chi connectivity index (χ0) is 19.1. The molecule has 0 aliphatic carbocycles. The molecule has 0 aromatic heterocycles. The van der Waals surface area contributed by atoms with E-state index in [2.05, 4.69) is 27.7 Å². The van der Waals surface area contributed by atoms with Crippen molar-refractivity contribution in [2.45, 2.75) is 32.0 Å². The maximum atomic E-state index is 12.2. The van der Waals surface area contributed by atoms with E-state index in [0.29, 0.717) is 6.54 Å². The maximum Gasteiger partial charge on any atom is 0.335 e. The summed E-state index contributed by atoms with van der Waals surface area (Å²) in [5.74, 6) is -0.954. The van der Waals surface area contributed by atoms with Crippen molar-refractivity contribution in [1.29, 1.82) is 0 Å². The summed E-state index contributed by atoms with van der Waals surface area (Å²) in [4.78, 5) is 25.4. The van der Waals surface area contributed by atoms with Crippen LogP contribution in [0.3, 0.4) is 0 Å². The summed E-state index contributed by atoms with van der Waals surface area (Å²) < 4.78 is 0. The molecule has 1 heterocycles. The van der Waals surface area contributed by atoms with Crippen LogP contribution in [0, 0.1) is 0 Å². The van der Waals surface area contributed by atoms with E-state index in [4.69, 9.17) is 5.11 Å². The van der Waals surface area contributed by atoms with Crippen LogP contribution in [-0.2, 0) is 13.1 Å². The number of carbonyl (C=O) groups is 2. The molecule has 0 saturated carbocycles. The molecule has 142 valence electrons. The number of aromatic carboxylic acids is 1. The van der Waals surface area contributed by atoms with E-state index in [1.807, 2.05) is 18.2 Å². The largest absolute Gasteiger partial charge is 0.478 e. The van der Waals surface area contributed by atoms with Crippen molar-refractivity contribution < 1.29 is 14.7 Å². The number of urea groups is 1. The number of hydrogen-bond donors (Lipinski definition) is 3. The van der Waals surface area contributed by atoms with Crippen molar-refractivity contribution in [3.8, 4) is 0 Å². The molecular weight excluding hydrogens is 342 g/mol. The standard InChI is InChI=1S/C21H25N3O3/c25-20(26)18-10-8-16(9-11-18)13-22-21(27)23-19-7-4-12-24(15-19)14-17-5-2-1-3-6-17/h1-3,5-6,8-11,19H,4,7,12-15H2,(H,25,26)(H2,22,23,27). The Kier molecular flexibility index (Phi) is 6.44. The summed E-state index contributed by atoms with van der Waals surface area (Å²) in [6, 6.07) is 16.8. The van der Waals surface area contributed by atoms with Crippen molar-refractivity contribution in [2.75, 3.05) is 13.1 Å². The van der Waals surface area contributed by atoms with Gasteiger partial charge in [0.25, 0.3) is 0 Å². The minimum Gasteiger partial charge on any atom is -0.478 e. The lowest BCUT2D eigenvalue weighted by molar-refractivity contribution is 0.0697. The molecule has 3 rings (SSSR count). The number of benzene rings is 2. The SMILES string of the molecule is O=C(NCc1ccc(C(=O)O)cc1)NC1CCCN(Cc2ccccc2)C1. The van der Waals surface area contributed by atoms with Crippen LogP contribution in [0.4, 0.5) is 4.79 Å². The monoisotopic (exact) mass is 367 g/mol. The number of piperidine rings is 1. The average Bonchev–Trinajstić information content (AvgIpc) is 2.68. The van der Waals surface area contributed by atoms with Crippen molar-refractivity contribution in [2.24, 2.45) is 0 Å². The van der Waals surface area contributed by atoms with Gasteiger partial charge in [0.2, 0.25) is 0 Å². The first-order chi connectivity index (χ1) is 13.1. The van der Waals surface area contributed by atoms with Gasteiger partial charge < -0.3 is 15.7 Å². The fourth-order valence-corrected chi connectivity index (χ4v) is 3.34. The second kappa shape index (κ2) is 9.19. The Hall–Kier alpha value is -2.86. The molecule has 1 aliphatic heterocycles. The Morgan fingerprint density at radius 3 is 2.48 bits per heavy atom.